The number of rotatable bonds is 5. The van der Waals surface area contributed by atoms with Crippen molar-refractivity contribution in [1.29, 1.82) is 0 Å². The SMILES string of the molecule is Cc1cn2cc(C3=Cc4ccc(N5CCN(CCCF)C(C)C5)cc4OC3O)nc2c(C)n1. The molecule has 174 valence electrons. The number of ether oxygens (including phenoxy) is 1. The number of alkyl halides is 1. The second-order valence-electron chi connectivity index (χ2n) is 8.99. The van der Waals surface area contributed by atoms with Crippen molar-refractivity contribution in [3.8, 4) is 5.75 Å². The average molecular weight is 452 g/mol. The zero-order valence-corrected chi connectivity index (χ0v) is 19.3. The summed E-state index contributed by atoms with van der Waals surface area (Å²) in [4.78, 5) is 13.8. The van der Waals surface area contributed by atoms with Crippen LogP contribution in [0.2, 0.25) is 0 Å². The molecule has 33 heavy (non-hydrogen) atoms. The van der Waals surface area contributed by atoms with Crippen LogP contribution in [-0.4, -0.2) is 69.6 Å². The maximum atomic E-state index is 12.5. The number of piperazine rings is 1. The van der Waals surface area contributed by atoms with Gasteiger partial charge in [-0.05, 0) is 45.4 Å². The minimum Gasteiger partial charge on any atom is -0.460 e. The van der Waals surface area contributed by atoms with E-state index in [-0.39, 0.29) is 6.67 Å². The molecule has 1 saturated heterocycles. The number of hydrogen-bond donors (Lipinski definition) is 1. The normalized spacial score (nSPS) is 21.1. The molecule has 0 bridgehead atoms. The first kappa shape index (κ1) is 21.9. The van der Waals surface area contributed by atoms with Gasteiger partial charge in [-0.3, -0.25) is 14.3 Å². The smallest absolute Gasteiger partial charge is 0.226 e. The number of benzene rings is 1. The molecule has 3 aromatic rings. The van der Waals surface area contributed by atoms with Crippen LogP contribution in [0.5, 0.6) is 5.75 Å². The molecule has 1 N–H and O–H groups in total. The van der Waals surface area contributed by atoms with Crippen molar-refractivity contribution < 1.29 is 14.2 Å². The summed E-state index contributed by atoms with van der Waals surface area (Å²) >= 11 is 0. The Morgan fingerprint density at radius 1 is 1.18 bits per heavy atom. The maximum Gasteiger partial charge on any atom is 0.226 e. The van der Waals surface area contributed by atoms with E-state index in [4.69, 9.17) is 4.74 Å². The van der Waals surface area contributed by atoms with Crippen molar-refractivity contribution >= 4 is 23.0 Å². The Morgan fingerprint density at radius 3 is 2.82 bits per heavy atom. The lowest BCUT2D eigenvalue weighted by Gasteiger charge is -2.41. The Morgan fingerprint density at radius 2 is 2.03 bits per heavy atom. The molecule has 0 spiro atoms. The Hall–Kier alpha value is -2.97. The van der Waals surface area contributed by atoms with E-state index in [2.05, 4.69) is 32.8 Å². The quantitative estimate of drug-likeness (QED) is 0.641. The Bertz CT molecular complexity index is 1210. The summed E-state index contributed by atoms with van der Waals surface area (Å²) in [5.41, 5.74) is 5.81. The lowest BCUT2D eigenvalue weighted by Crippen LogP contribution is -2.52. The first-order chi connectivity index (χ1) is 15.9. The summed E-state index contributed by atoms with van der Waals surface area (Å²) in [5.74, 6) is 0.661. The maximum absolute atomic E-state index is 12.5. The molecule has 0 amide bonds. The van der Waals surface area contributed by atoms with Gasteiger partial charge in [-0.2, -0.15) is 0 Å². The van der Waals surface area contributed by atoms with Gasteiger partial charge in [0.15, 0.2) is 5.65 Å². The van der Waals surface area contributed by atoms with Crippen LogP contribution in [0.3, 0.4) is 0 Å². The summed E-state index contributed by atoms with van der Waals surface area (Å²) in [6.45, 7) is 9.27. The number of hydrogen-bond acceptors (Lipinski definition) is 6. The fourth-order valence-electron chi connectivity index (χ4n) is 4.83. The molecule has 1 fully saturated rings. The lowest BCUT2D eigenvalue weighted by molar-refractivity contribution is 0.0318. The zero-order valence-electron chi connectivity index (χ0n) is 19.3. The van der Waals surface area contributed by atoms with Crippen molar-refractivity contribution in [3.05, 3.63) is 53.2 Å². The van der Waals surface area contributed by atoms with E-state index in [1.54, 1.807) is 0 Å². The molecule has 0 saturated carbocycles. The molecule has 4 heterocycles. The fraction of sp³-hybridized carbons (Fsp3) is 0.440. The van der Waals surface area contributed by atoms with Gasteiger partial charge in [0.2, 0.25) is 6.29 Å². The highest BCUT2D eigenvalue weighted by molar-refractivity contribution is 5.86. The molecular formula is C25H30FN5O2. The number of imidazole rings is 1. The van der Waals surface area contributed by atoms with Crippen LogP contribution >= 0.6 is 0 Å². The molecule has 2 unspecified atom stereocenters. The average Bonchev–Trinajstić information content (AvgIpc) is 3.21. The van der Waals surface area contributed by atoms with Gasteiger partial charge < -0.3 is 19.1 Å². The number of aliphatic hydroxyl groups is 1. The van der Waals surface area contributed by atoms with Gasteiger partial charge in [0, 0.05) is 67.5 Å². The number of fused-ring (bicyclic) bond motifs is 2. The number of nitrogens with zero attached hydrogens (tertiary/aromatic N) is 5. The lowest BCUT2D eigenvalue weighted by atomic mass is 10.0. The summed E-state index contributed by atoms with van der Waals surface area (Å²) < 4.78 is 20.4. The van der Waals surface area contributed by atoms with Crippen molar-refractivity contribution in [2.45, 2.75) is 39.5 Å². The Labute approximate surface area is 193 Å². The first-order valence-electron chi connectivity index (χ1n) is 11.5. The van der Waals surface area contributed by atoms with Gasteiger partial charge in [0.05, 0.1) is 23.8 Å². The van der Waals surface area contributed by atoms with Crippen molar-refractivity contribution in [2.75, 3.05) is 37.8 Å². The van der Waals surface area contributed by atoms with Crippen LogP contribution in [0.15, 0.2) is 30.6 Å². The molecule has 1 aromatic carbocycles. The first-order valence-corrected chi connectivity index (χ1v) is 11.5. The van der Waals surface area contributed by atoms with Gasteiger partial charge >= 0.3 is 0 Å². The molecule has 2 aliphatic rings. The summed E-state index contributed by atoms with van der Waals surface area (Å²) in [5, 5.41) is 10.8. The molecule has 0 aliphatic carbocycles. The van der Waals surface area contributed by atoms with Gasteiger partial charge in [0.1, 0.15) is 5.75 Å². The Kier molecular flexibility index (Phi) is 5.80. The number of aryl methyl sites for hydroxylation is 2. The third kappa shape index (κ3) is 4.20. The van der Waals surface area contributed by atoms with Crippen LogP contribution in [0.1, 0.15) is 36.0 Å². The number of halogens is 1. The minimum atomic E-state index is -1.09. The number of aliphatic hydroxyl groups excluding tert-OH is 1. The predicted molar refractivity (Wildman–Crippen MR) is 127 cm³/mol. The number of aromatic nitrogens is 3. The monoisotopic (exact) mass is 451 g/mol. The Balaban J connectivity index is 1.39. The molecule has 7 nitrogen and oxygen atoms in total. The van der Waals surface area contributed by atoms with E-state index in [1.165, 1.54) is 0 Å². The van der Waals surface area contributed by atoms with Crippen LogP contribution in [0.4, 0.5) is 10.1 Å². The highest BCUT2D eigenvalue weighted by Crippen LogP contribution is 2.36. The molecule has 2 aromatic heterocycles. The van der Waals surface area contributed by atoms with E-state index >= 15 is 0 Å². The topological polar surface area (TPSA) is 66.1 Å². The third-order valence-electron chi connectivity index (χ3n) is 6.54. The largest absolute Gasteiger partial charge is 0.460 e. The van der Waals surface area contributed by atoms with E-state index in [0.717, 1.165) is 54.5 Å². The summed E-state index contributed by atoms with van der Waals surface area (Å²) in [6, 6.07) is 6.48. The van der Waals surface area contributed by atoms with Crippen molar-refractivity contribution in [2.24, 2.45) is 0 Å². The molecule has 8 heteroatoms. The molecule has 0 radical (unpaired) electrons. The summed E-state index contributed by atoms with van der Waals surface area (Å²) in [6.07, 6.45) is 5.27. The predicted octanol–water partition coefficient (Wildman–Crippen LogP) is 3.47. The van der Waals surface area contributed by atoms with Crippen molar-refractivity contribution in [1.82, 2.24) is 19.3 Å². The van der Waals surface area contributed by atoms with E-state index in [0.29, 0.717) is 29.5 Å². The van der Waals surface area contributed by atoms with E-state index in [9.17, 15) is 9.50 Å². The van der Waals surface area contributed by atoms with Crippen molar-refractivity contribution in [3.63, 3.8) is 0 Å². The number of anilines is 1. The van der Waals surface area contributed by atoms with Gasteiger partial charge in [0.25, 0.3) is 0 Å². The van der Waals surface area contributed by atoms with Gasteiger partial charge in [-0.25, -0.2) is 4.98 Å². The highest BCUT2D eigenvalue weighted by Gasteiger charge is 2.27. The van der Waals surface area contributed by atoms with Crippen LogP contribution in [0, 0.1) is 13.8 Å². The summed E-state index contributed by atoms with van der Waals surface area (Å²) in [7, 11) is 0. The van der Waals surface area contributed by atoms with E-state index in [1.807, 2.05) is 48.9 Å². The van der Waals surface area contributed by atoms with Crippen LogP contribution < -0.4 is 9.64 Å². The molecule has 2 atom stereocenters. The van der Waals surface area contributed by atoms with Crippen LogP contribution in [-0.2, 0) is 0 Å². The zero-order chi connectivity index (χ0) is 23.1. The van der Waals surface area contributed by atoms with Gasteiger partial charge in [-0.15, -0.1) is 0 Å². The third-order valence-corrected chi connectivity index (χ3v) is 6.54. The highest BCUT2D eigenvalue weighted by atomic mass is 19.1. The molecular weight excluding hydrogens is 421 g/mol. The molecule has 2 aliphatic heterocycles. The standard InChI is InChI=1S/C25H30FN5O2/c1-16-13-31-15-22(28-24(31)18(3)27-16)21-11-19-5-6-20(12-23(19)33-25(21)32)30-10-9-29(8-4-7-26)17(2)14-30/h5-6,11-13,15,17,25,32H,4,7-10,14H2,1-3H3. The van der Waals surface area contributed by atoms with Gasteiger partial charge in [-0.1, -0.05) is 0 Å². The second-order valence-corrected chi connectivity index (χ2v) is 8.99. The minimum absolute atomic E-state index is 0.266. The second kappa shape index (κ2) is 8.76. The van der Waals surface area contributed by atoms with E-state index < -0.39 is 6.29 Å². The fourth-order valence-corrected chi connectivity index (χ4v) is 4.83. The van der Waals surface area contributed by atoms with Crippen LogP contribution in [0.25, 0.3) is 17.3 Å². The molecule has 5 rings (SSSR count).